The summed E-state index contributed by atoms with van der Waals surface area (Å²) in [6.07, 6.45) is 0.705. The van der Waals surface area contributed by atoms with Crippen LogP contribution in [0.25, 0.3) is 0 Å². The molecule has 100 valence electrons. The zero-order valence-corrected chi connectivity index (χ0v) is 11.7. The molecular weight excluding hydrogens is 236 g/mol. The molecule has 0 aromatic heterocycles. The first kappa shape index (κ1) is 12.3. The van der Waals surface area contributed by atoms with E-state index in [9.17, 15) is 4.79 Å². The van der Waals surface area contributed by atoms with E-state index in [1.165, 1.54) is 0 Å². The van der Waals surface area contributed by atoms with Crippen LogP contribution in [0.15, 0.2) is 35.5 Å². The van der Waals surface area contributed by atoms with Gasteiger partial charge in [0.25, 0.3) is 0 Å². The number of nitrogens with one attached hydrogen (secondary N) is 1. The Morgan fingerprint density at radius 3 is 2.68 bits per heavy atom. The number of hydrogen-bond donors (Lipinski definition) is 2. The molecule has 0 heterocycles. The minimum atomic E-state index is 0.286. The van der Waals surface area contributed by atoms with Gasteiger partial charge < -0.3 is 11.1 Å². The number of benzene rings is 1. The van der Waals surface area contributed by atoms with Gasteiger partial charge in [-0.25, -0.2) is 0 Å². The van der Waals surface area contributed by atoms with E-state index in [2.05, 4.69) is 19.2 Å². The summed E-state index contributed by atoms with van der Waals surface area (Å²) in [5, 5.41) is 3.31. The van der Waals surface area contributed by atoms with Gasteiger partial charge in [-0.15, -0.1) is 0 Å². The average Bonchev–Trinajstić information content (AvgIpc) is 2.72. The van der Waals surface area contributed by atoms with Crippen molar-refractivity contribution >= 4 is 17.2 Å². The van der Waals surface area contributed by atoms with E-state index >= 15 is 0 Å². The van der Waals surface area contributed by atoms with Crippen LogP contribution in [0, 0.1) is 17.3 Å². The molecule has 0 bridgehead atoms. The zero-order valence-electron chi connectivity index (χ0n) is 11.7. The minimum Gasteiger partial charge on any atom is -0.397 e. The van der Waals surface area contributed by atoms with Crippen LogP contribution in [0.3, 0.4) is 0 Å². The lowest BCUT2D eigenvalue weighted by atomic mass is 9.95. The molecule has 19 heavy (non-hydrogen) atoms. The van der Waals surface area contributed by atoms with E-state index in [1.807, 2.05) is 31.2 Å². The fourth-order valence-corrected chi connectivity index (χ4v) is 3.50. The second-order valence-corrected chi connectivity index (χ2v) is 6.28. The van der Waals surface area contributed by atoms with E-state index in [0.29, 0.717) is 29.7 Å². The third-order valence-corrected chi connectivity index (χ3v) is 4.75. The van der Waals surface area contributed by atoms with Gasteiger partial charge in [0.2, 0.25) is 0 Å². The summed E-state index contributed by atoms with van der Waals surface area (Å²) in [6, 6.07) is 7.65. The summed E-state index contributed by atoms with van der Waals surface area (Å²) in [7, 11) is 0. The molecule has 3 N–H and O–H groups in total. The lowest BCUT2D eigenvalue weighted by molar-refractivity contribution is -0.115. The zero-order chi connectivity index (χ0) is 13.8. The first-order chi connectivity index (χ1) is 8.93. The highest BCUT2D eigenvalue weighted by atomic mass is 16.1. The van der Waals surface area contributed by atoms with E-state index in [0.717, 1.165) is 17.0 Å². The van der Waals surface area contributed by atoms with Gasteiger partial charge in [0.1, 0.15) is 0 Å². The second-order valence-electron chi connectivity index (χ2n) is 6.28. The van der Waals surface area contributed by atoms with Crippen molar-refractivity contribution in [2.45, 2.75) is 27.2 Å². The number of rotatable bonds is 2. The largest absolute Gasteiger partial charge is 0.397 e. The molecule has 2 unspecified atom stereocenters. The van der Waals surface area contributed by atoms with Gasteiger partial charge in [-0.2, -0.15) is 0 Å². The number of ketones is 1. The number of hydrogen-bond acceptors (Lipinski definition) is 3. The highest BCUT2D eigenvalue weighted by Gasteiger charge is 2.65. The molecule has 2 atom stereocenters. The van der Waals surface area contributed by atoms with Gasteiger partial charge in [-0.1, -0.05) is 26.0 Å². The minimum absolute atomic E-state index is 0.286. The van der Waals surface area contributed by atoms with Gasteiger partial charge in [0.05, 0.1) is 11.4 Å². The van der Waals surface area contributed by atoms with Crippen LogP contribution in [0.2, 0.25) is 0 Å². The van der Waals surface area contributed by atoms with Crippen molar-refractivity contribution in [2.75, 3.05) is 11.1 Å². The Kier molecular flexibility index (Phi) is 2.49. The quantitative estimate of drug-likeness (QED) is 0.631. The molecule has 2 aliphatic carbocycles. The van der Waals surface area contributed by atoms with E-state index < -0.39 is 0 Å². The maximum Gasteiger partial charge on any atom is 0.161 e. The van der Waals surface area contributed by atoms with Crippen LogP contribution in [-0.4, -0.2) is 5.78 Å². The predicted molar refractivity (Wildman–Crippen MR) is 77.6 cm³/mol. The molecule has 3 heteroatoms. The number of anilines is 2. The van der Waals surface area contributed by atoms with Crippen molar-refractivity contribution in [3.8, 4) is 0 Å². The predicted octanol–water partition coefficient (Wildman–Crippen LogP) is 3.20. The summed E-state index contributed by atoms with van der Waals surface area (Å²) in [6.45, 7) is 6.48. The summed E-state index contributed by atoms with van der Waals surface area (Å²) in [5.74, 6) is 1.27. The van der Waals surface area contributed by atoms with Crippen LogP contribution >= 0.6 is 0 Å². The van der Waals surface area contributed by atoms with Gasteiger partial charge in [0, 0.05) is 17.7 Å². The molecule has 0 spiro atoms. The van der Waals surface area contributed by atoms with Crippen molar-refractivity contribution in [1.29, 1.82) is 0 Å². The SMILES string of the molecule is CC(Nc1ccccc1N)=C1C(=O)CC2C1C2(C)C. The fraction of sp³-hybridized carbons (Fsp3) is 0.438. The van der Waals surface area contributed by atoms with Crippen LogP contribution < -0.4 is 11.1 Å². The second kappa shape index (κ2) is 3.86. The summed E-state index contributed by atoms with van der Waals surface area (Å²) < 4.78 is 0. The van der Waals surface area contributed by atoms with Gasteiger partial charge in [-0.05, 0) is 36.3 Å². The number of fused-ring (bicyclic) bond motifs is 1. The number of carbonyl (C=O) groups excluding carboxylic acids is 1. The maximum atomic E-state index is 12.1. The van der Waals surface area contributed by atoms with Crippen molar-refractivity contribution < 1.29 is 4.79 Å². The number of Topliss-reactive ketones (excluding diaryl/α,β-unsaturated/α-hetero) is 1. The molecule has 2 saturated carbocycles. The Balaban J connectivity index is 1.91. The van der Waals surface area contributed by atoms with Crippen LogP contribution in [-0.2, 0) is 4.79 Å². The monoisotopic (exact) mass is 256 g/mol. The highest BCUT2D eigenvalue weighted by Crippen LogP contribution is 2.68. The molecule has 0 saturated heterocycles. The summed E-state index contributed by atoms with van der Waals surface area (Å²) >= 11 is 0. The Hall–Kier alpha value is -1.77. The van der Waals surface area contributed by atoms with Crippen molar-refractivity contribution in [3.63, 3.8) is 0 Å². The third kappa shape index (κ3) is 1.76. The third-order valence-electron chi connectivity index (χ3n) is 4.75. The smallest absolute Gasteiger partial charge is 0.161 e. The number of nitrogens with two attached hydrogens (primary N) is 1. The van der Waals surface area contributed by atoms with E-state index in [-0.39, 0.29) is 5.41 Å². The maximum absolute atomic E-state index is 12.1. The topological polar surface area (TPSA) is 55.1 Å². The molecule has 1 aromatic rings. The molecule has 2 fully saturated rings. The van der Waals surface area contributed by atoms with Gasteiger partial charge in [-0.3, -0.25) is 4.79 Å². The molecule has 0 amide bonds. The highest BCUT2D eigenvalue weighted by molar-refractivity contribution is 6.01. The number of allylic oxidation sites excluding steroid dienone is 2. The van der Waals surface area contributed by atoms with Crippen LogP contribution in [0.5, 0.6) is 0 Å². The molecular formula is C16H20N2O. The average molecular weight is 256 g/mol. The molecule has 3 rings (SSSR count). The van der Waals surface area contributed by atoms with Crippen molar-refractivity contribution in [2.24, 2.45) is 17.3 Å². The van der Waals surface area contributed by atoms with Gasteiger partial charge >= 0.3 is 0 Å². The van der Waals surface area contributed by atoms with Crippen LogP contribution in [0.1, 0.15) is 27.2 Å². The Bertz CT molecular complexity index is 586. The molecule has 2 aliphatic rings. The first-order valence-electron chi connectivity index (χ1n) is 6.78. The number of nitrogen functional groups attached to an aromatic ring is 1. The number of para-hydroxylation sites is 2. The number of carbonyl (C=O) groups is 1. The first-order valence-corrected chi connectivity index (χ1v) is 6.78. The Labute approximate surface area is 113 Å². The lowest BCUT2D eigenvalue weighted by Gasteiger charge is -2.15. The molecule has 0 radical (unpaired) electrons. The normalized spacial score (nSPS) is 29.9. The molecule has 1 aromatic carbocycles. The molecule has 3 nitrogen and oxygen atoms in total. The van der Waals surface area contributed by atoms with E-state index in [4.69, 9.17) is 5.73 Å². The van der Waals surface area contributed by atoms with E-state index in [1.54, 1.807) is 0 Å². The van der Waals surface area contributed by atoms with Crippen LogP contribution in [0.4, 0.5) is 11.4 Å². The summed E-state index contributed by atoms with van der Waals surface area (Å²) in [4.78, 5) is 12.1. The van der Waals surface area contributed by atoms with Gasteiger partial charge in [0.15, 0.2) is 5.78 Å². The fourth-order valence-electron chi connectivity index (χ4n) is 3.50. The van der Waals surface area contributed by atoms with Crippen molar-refractivity contribution in [1.82, 2.24) is 0 Å². The lowest BCUT2D eigenvalue weighted by Crippen LogP contribution is -2.12. The Morgan fingerprint density at radius 2 is 2.05 bits per heavy atom. The van der Waals surface area contributed by atoms with Crippen molar-refractivity contribution in [3.05, 3.63) is 35.5 Å². The standard InChI is InChI=1S/C16H20N2O/c1-9(18-12-7-5-4-6-11(12)17)14-13(19)8-10-15(14)16(10,2)3/h4-7,10,15,18H,8,17H2,1-3H3. The molecule has 0 aliphatic heterocycles. The summed E-state index contributed by atoms with van der Waals surface area (Å²) in [5.41, 5.74) is 9.75. The Morgan fingerprint density at radius 1 is 1.37 bits per heavy atom.